The van der Waals surface area contributed by atoms with E-state index >= 15 is 0 Å². The summed E-state index contributed by atoms with van der Waals surface area (Å²) in [6.45, 7) is 6.75. The SMILES string of the molecule is CC[C@H](C(=O)N[C@@H](C)CC)N(Cc1ccc(F)cc1)C(=O)CN(c1ccc(OC)c(Cl)c1)S(=O)(=O)c1ccc(C)cc1. The topological polar surface area (TPSA) is 96.0 Å². The Labute approximate surface area is 252 Å². The van der Waals surface area contributed by atoms with Gasteiger partial charge in [-0.15, -0.1) is 0 Å². The number of ether oxygens (including phenoxy) is 1. The van der Waals surface area contributed by atoms with Crippen molar-refractivity contribution in [1.29, 1.82) is 0 Å². The van der Waals surface area contributed by atoms with E-state index in [1.54, 1.807) is 19.1 Å². The molecule has 3 aromatic rings. The Kier molecular flexibility index (Phi) is 11.4. The minimum atomic E-state index is -4.25. The van der Waals surface area contributed by atoms with Gasteiger partial charge >= 0.3 is 0 Å². The molecule has 8 nitrogen and oxygen atoms in total. The molecule has 0 heterocycles. The van der Waals surface area contributed by atoms with Crippen LogP contribution in [-0.4, -0.2) is 50.9 Å². The second-order valence-electron chi connectivity index (χ2n) is 10.0. The fraction of sp³-hybridized carbons (Fsp3) is 0.355. The molecule has 0 aliphatic rings. The third-order valence-corrected chi connectivity index (χ3v) is 9.05. The molecule has 0 radical (unpaired) electrons. The number of methoxy groups -OCH3 is 1. The van der Waals surface area contributed by atoms with Gasteiger partial charge in [0.2, 0.25) is 11.8 Å². The molecule has 11 heteroatoms. The van der Waals surface area contributed by atoms with Gasteiger partial charge in [-0.25, -0.2) is 12.8 Å². The number of rotatable bonds is 13. The van der Waals surface area contributed by atoms with Crippen molar-refractivity contribution in [1.82, 2.24) is 10.2 Å². The summed E-state index contributed by atoms with van der Waals surface area (Å²) in [6, 6.07) is 15.3. The predicted molar refractivity (Wildman–Crippen MR) is 163 cm³/mol. The van der Waals surface area contributed by atoms with Gasteiger partial charge in [0, 0.05) is 12.6 Å². The Bertz CT molecular complexity index is 1480. The molecule has 226 valence electrons. The predicted octanol–water partition coefficient (Wildman–Crippen LogP) is 5.71. The molecule has 2 amide bonds. The molecule has 42 heavy (non-hydrogen) atoms. The van der Waals surface area contributed by atoms with Crippen LogP contribution in [0.15, 0.2) is 71.6 Å². The number of benzene rings is 3. The molecular formula is C31H37ClFN3O5S. The van der Waals surface area contributed by atoms with E-state index in [0.717, 1.165) is 9.87 Å². The highest BCUT2D eigenvalue weighted by Crippen LogP contribution is 2.32. The van der Waals surface area contributed by atoms with Crippen molar-refractivity contribution < 1.29 is 27.1 Å². The first-order valence-corrected chi connectivity index (χ1v) is 15.5. The number of anilines is 1. The van der Waals surface area contributed by atoms with E-state index in [-0.39, 0.29) is 40.5 Å². The second kappa shape index (κ2) is 14.5. The number of halogens is 2. The van der Waals surface area contributed by atoms with E-state index in [1.807, 2.05) is 20.8 Å². The van der Waals surface area contributed by atoms with Gasteiger partial charge in [-0.05, 0) is 74.7 Å². The standard InChI is InChI=1S/C31H37ClFN3O5S/c1-6-22(4)34-31(38)28(7-2)35(19-23-10-12-24(33)13-11-23)30(37)20-36(25-14-17-29(41-5)27(32)18-25)42(39,40)26-15-8-21(3)9-16-26/h8-18,22,28H,6-7,19-20H2,1-5H3,(H,34,38)/t22-,28+/m0/s1. The van der Waals surface area contributed by atoms with Crippen molar-refractivity contribution in [3.05, 3.63) is 88.7 Å². The summed E-state index contributed by atoms with van der Waals surface area (Å²) >= 11 is 6.36. The number of amides is 2. The molecule has 3 rings (SSSR count). The molecule has 0 aliphatic heterocycles. The lowest BCUT2D eigenvalue weighted by Crippen LogP contribution is -2.53. The Morgan fingerprint density at radius 2 is 1.64 bits per heavy atom. The lowest BCUT2D eigenvalue weighted by molar-refractivity contribution is -0.140. The van der Waals surface area contributed by atoms with E-state index in [2.05, 4.69) is 5.32 Å². The van der Waals surface area contributed by atoms with Gasteiger partial charge in [0.15, 0.2) is 0 Å². The van der Waals surface area contributed by atoms with Crippen molar-refractivity contribution in [3.8, 4) is 5.75 Å². The fourth-order valence-corrected chi connectivity index (χ4v) is 5.98. The van der Waals surface area contributed by atoms with Crippen LogP contribution >= 0.6 is 11.6 Å². The van der Waals surface area contributed by atoms with Crippen LogP contribution < -0.4 is 14.4 Å². The van der Waals surface area contributed by atoms with Crippen LogP contribution in [0.4, 0.5) is 10.1 Å². The summed E-state index contributed by atoms with van der Waals surface area (Å²) in [7, 11) is -2.82. The van der Waals surface area contributed by atoms with Crippen molar-refractivity contribution in [2.45, 2.75) is 64.1 Å². The van der Waals surface area contributed by atoms with Crippen LogP contribution in [0.25, 0.3) is 0 Å². The maximum atomic E-state index is 14.1. The summed E-state index contributed by atoms with van der Waals surface area (Å²) in [6.07, 6.45) is 0.961. The Morgan fingerprint density at radius 3 is 2.19 bits per heavy atom. The molecule has 0 spiro atoms. The zero-order valence-corrected chi connectivity index (χ0v) is 26.0. The molecule has 1 N–H and O–H groups in total. The summed E-state index contributed by atoms with van der Waals surface area (Å²) in [5.41, 5.74) is 1.60. The average molecular weight is 618 g/mol. The monoisotopic (exact) mass is 617 g/mol. The summed E-state index contributed by atoms with van der Waals surface area (Å²) in [5, 5.41) is 3.08. The summed E-state index contributed by atoms with van der Waals surface area (Å²) < 4.78 is 47.8. The van der Waals surface area contributed by atoms with Gasteiger partial charge in [0.05, 0.1) is 22.7 Å². The Hall–Kier alpha value is -3.63. The van der Waals surface area contributed by atoms with E-state index in [9.17, 15) is 22.4 Å². The minimum absolute atomic E-state index is 0.0144. The molecule has 0 aromatic heterocycles. The van der Waals surface area contributed by atoms with E-state index < -0.39 is 34.3 Å². The lowest BCUT2D eigenvalue weighted by atomic mass is 10.1. The van der Waals surface area contributed by atoms with Gasteiger partial charge < -0.3 is 15.0 Å². The smallest absolute Gasteiger partial charge is 0.264 e. The average Bonchev–Trinajstić information content (AvgIpc) is 2.96. The zero-order chi connectivity index (χ0) is 31.0. The van der Waals surface area contributed by atoms with Crippen LogP contribution in [0.2, 0.25) is 5.02 Å². The quantitative estimate of drug-likeness (QED) is 0.265. The molecule has 0 saturated heterocycles. The molecule has 0 aliphatic carbocycles. The first-order valence-electron chi connectivity index (χ1n) is 13.7. The summed E-state index contributed by atoms with van der Waals surface area (Å²) in [5.74, 6) is -1.08. The number of hydrogen-bond acceptors (Lipinski definition) is 5. The number of nitrogens with one attached hydrogen (secondary N) is 1. The van der Waals surface area contributed by atoms with E-state index in [4.69, 9.17) is 16.3 Å². The number of hydrogen-bond donors (Lipinski definition) is 1. The van der Waals surface area contributed by atoms with Crippen molar-refractivity contribution in [3.63, 3.8) is 0 Å². The highest BCUT2D eigenvalue weighted by atomic mass is 35.5. The van der Waals surface area contributed by atoms with E-state index in [0.29, 0.717) is 17.7 Å². The third kappa shape index (κ3) is 8.01. The first kappa shape index (κ1) is 32.9. The molecule has 0 saturated carbocycles. The second-order valence-corrected chi connectivity index (χ2v) is 12.3. The van der Waals surface area contributed by atoms with Crippen LogP contribution in [0.1, 0.15) is 44.7 Å². The van der Waals surface area contributed by atoms with Gasteiger partial charge in [0.1, 0.15) is 24.2 Å². The first-order chi connectivity index (χ1) is 19.9. The van der Waals surface area contributed by atoms with Crippen molar-refractivity contribution in [2.24, 2.45) is 0 Å². The normalized spacial score (nSPS) is 12.7. The van der Waals surface area contributed by atoms with Crippen molar-refractivity contribution >= 4 is 39.1 Å². The maximum Gasteiger partial charge on any atom is 0.264 e. The Morgan fingerprint density at radius 1 is 1.00 bits per heavy atom. The van der Waals surface area contributed by atoms with Crippen molar-refractivity contribution in [2.75, 3.05) is 18.0 Å². The molecule has 2 atom stereocenters. The van der Waals surface area contributed by atoms with Crippen LogP contribution in [0, 0.1) is 12.7 Å². The van der Waals surface area contributed by atoms with E-state index in [1.165, 1.54) is 66.6 Å². The number of sulfonamides is 1. The van der Waals surface area contributed by atoms with Gasteiger partial charge in [-0.3, -0.25) is 13.9 Å². The minimum Gasteiger partial charge on any atom is -0.495 e. The number of nitrogens with zero attached hydrogens (tertiary/aromatic N) is 2. The lowest BCUT2D eigenvalue weighted by Gasteiger charge is -2.33. The van der Waals surface area contributed by atoms with Crippen LogP contribution in [0.5, 0.6) is 5.75 Å². The maximum absolute atomic E-state index is 14.1. The number of carbonyl (C=O) groups is 2. The Balaban J connectivity index is 2.09. The molecule has 0 bridgehead atoms. The molecule has 0 fully saturated rings. The largest absolute Gasteiger partial charge is 0.495 e. The molecule has 3 aromatic carbocycles. The zero-order valence-electron chi connectivity index (χ0n) is 24.4. The van der Waals surface area contributed by atoms with Gasteiger partial charge in [-0.1, -0.05) is 55.3 Å². The highest BCUT2D eigenvalue weighted by Gasteiger charge is 2.34. The number of carbonyl (C=O) groups excluding carboxylic acids is 2. The van der Waals surface area contributed by atoms with Gasteiger partial charge in [-0.2, -0.15) is 0 Å². The number of aryl methyl sites for hydroxylation is 1. The third-order valence-electron chi connectivity index (χ3n) is 6.96. The molecule has 0 unspecified atom stereocenters. The summed E-state index contributed by atoms with van der Waals surface area (Å²) in [4.78, 5) is 28.8. The molecular weight excluding hydrogens is 581 g/mol. The highest BCUT2D eigenvalue weighted by molar-refractivity contribution is 7.92. The fourth-order valence-electron chi connectivity index (χ4n) is 4.32. The van der Waals surface area contributed by atoms with Gasteiger partial charge in [0.25, 0.3) is 10.0 Å². The van der Waals surface area contributed by atoms with Crippen LogP contribution in [0.3, 0.4) is 0 Å². The van der Waals surface area contributed by atoms with Crippen LogP contribution in [-0.2, 0) is 26.2 Å².